The van der Waals surface area contributed by atoms with Crippen LogP contribution in [-0.2, 0) is 17.9 Å². The van der Waals surface area contributed by atoms with Gasteiger partial charge in [0.2, 0.25) is 0 Å². The summed E-state index contributed by atoms with van der Waals surface area (Å²) in [6, 6.07) is 6.37. The Morgan fingerprint density at radius 2 is 2.06 bits per heavy atom. The van der Waals surface area contributed by atoms with Gasteiger partial charge < -0.3 is 9.88 Å². The second kappa shape index (κ2) is 6.84. The molecule has 1 aromatic carbocycles. The van der Waals surface area contributed by atoms with Gasteiger partial charge in [-0.25, -0.2) is 8.78 Å². The zero-order valence-electron chi connectivity index (χ0n) is 17.8. The van der Waals surface area contributed by atoms with E-state index < -0.39 is 5.92 Å². The largest absolute Gasteiger partial charge is 0.363 e. The predicted octanol–water partition coefficient (Wildman–Crippen LogP) is 4.45. The highest BCUT2D eigenvalue weighted by molar-refractivity contribution is 6.03. The van der Waals surface area contributed by atoms with Crippen LogP contribution in [0.25, 0.3) is 0 Å². The van der Waals surface area contributed by atoms with Crippen molar-refractivity contribution >= 4 is 18.2 Å². The van der Waals surface area contributed by atoms with E-state index in [1.54, 1.807) is 13.1 Å². The first-order valence-electron chi connectivity index (χ1n) is 10.8. The Balaban J connectivity index is 1.49. The fourth-order valence-corrected chi connectivity index (χ4v) is 5.53. The third-order valence-electron chi connectivity index (χ3n) is 7.31. The monoisotopic (exact) mass is 424 g/mol. The van der Waals surface area contributed by atoms with E-state index in [0.29, 0.717) is 29.1 Å². The molecule has 0 radical (unpaired) electrons. The quantitative estimate of drug-likeness (QED) is 0.569. The highest BCUT2D eigenvalue weighted by Gasteiger charge is 2.58. The highest BCUT2D eigenvalue weighted by atomic mass is 19.3. The molecule has 0 unspecified atom stereocenters. The predicted molar refractivity (Wildman–Crippen MR) is 118 cm³/mol. The Labute approximate surface area is 179 Å². The van der Waals surface area contributed by atoms with E-state index in [-0.39, 0.29) is 29.1 Å². The van der Waals surface area contributed by atoms with Crippen LogP contribution >= 0.6 is 0 Å². The van der Waals surface area contributed by atoms with Gasteiger partial charge in [0.05, 0.1) is 17.3 Å². The molecule has 1 atom stereocenters. The highest BCUT2D eigenvalue weighted by Crippen LogP contribution is 2.61. The molecule has 0 saturated heterocycles. The van der Waals surface area contributed by atoms with Crippen molar-refractivity contribution in [2.24, 2.45) is 15.9 Å². The topological polar surface area (TPSA) is 58.8 Å². The van der Waals surface area contributed by atoms with E-state index in [1.807, 2.05) is 23.8 Å². The lowest BCUT2D eigenvalue weighted by Crippen LogP contribution is -2.62. The zero-order chi connectivity index (χ0) is 22.0. The van der Waals surface area contributed by atoms with Gasteiger partial charge >= 0.3 is 0 Å². The summed E-state index contributed by atoms with van der Waals surface area (Å²) >= 11 is 0. The van der Waals surface area contributed by atoms with Crippen molar-refractivity contribution in [2.75, 3.05) is 7.05 Å². The Morgan fingerprint density at radius 1 is 1.32 bits per heavy atom. The molecule has 3 saturated carbocycles. The molecule has 4 aliphatic carbocycles. The molecule has 3 fully saturated rings. The average Bonchev–Trinajstić information content (AvgIpc) is 3.00. The third kappa shape index (κ3) is 2.97. The summed E-state index contributed by atoms with van der Waals surface area (Å²) in [6.45, 7) is 5.56. The van der Waals surface area contributed by atoms with Crippen LogP contribution < -0.4 is 10.9 Å². The second-order valence-corrected chi connectivity index (χ2v) is 9.16. The van der Waals surface area contributed by atoms with E-state index >= 15 is 0 Å². The molecule has 31 heavy (non-hydrogen) atoms. The fourth-order valence-electron chi connectivity index (χ4n) is 5.53. The fraction of sp³-hybridized carbons (Fsp3) is 0.458. The lowest BCUT2D eigenvalue weighted by atomic mass is 9.49. The number of fused-ring (bicyclic) bond motifs is 1. The van der Waals surface area contributed by atoms with Gasteiger partial charge in [-0.3, -0.25) is 14.8 Å². The number of alkyl halides is 2. The molecule has 1 aromatic heterocycles. The molecule has 0 spiro atoms. The minimum atomic E-state index is -2.77. The zero-order valence-corrected chi connectivity index (χ0v) is 17.8. The first kappa shape index (κ1) is 20.1. The molecule has 1 N–H and O–H groups in total. The van der Waals surface area contributed by atoms with Crippen LogP contribution in [0.3, 0.4) is 0 Å². The molecule has 2 bridgehead atoms. The van der Waals surface area contributed by atoms with Crippen molar-refractivity contribution in [2.45, 2.75) is 56.5 Å². The Morgan fingerprint density at radius 3 is 2.68 bits per heavy atom. The van der Waals surface area contributed by atoms with Crippen molar-refractivity contribution < 1.29 is 8.78 Å². The number of halogens is 2. The number of nitrogens with zero attached hydrogens (tertiary/aromatic N) is 3. The van der Waals surface area contributed by atoms with Crippen molar-refractivity contribution in [1.82, 2.24) is 9.88 Å². The van der Waals surface area contributed by atoms with Gasteiger partial charge in [0.25, 0.3) is 11.5 Å². The maximum absolute atomic E-state index is 14.2. The molecular weight excluding hydrogens is 398 g/mol. The number of aromatic nitrogens is 1. The number of aliphatic imine (C=N–C) groups is 2. The normalized spacial score (nSPS) is 26.5. The smallest absolute Gasteiger partial charge is 0.273 e. The standard InChI is InChI=1S/C24H26F2N4O/c1-14(16-5-4-6-19-17(16)7-8-24(19,25)26)29-22(28-3)18-13-30(21(31)9-20(18)27-2)23-10-15(11-23)12-23/h4-6,9,13-15H,2,7-8,10-12H2,1,3H3,(H,28,29)/t14-,15?,23?/m1/s1. The maximum atomic E-state index is 14.2. The van der Waals surface area contributed by atoms with Gasteiger partial charge in [-0.05, 0) is 56.4 Å². The molecule has 0 aliphatic heterocycles. The minimum Gasteiger partial charge on any atom is -0.363 e. The Hall–Kier alpha value is -2.83. The van der Waals surface area contributed by atoms with Gasteiger partial charge in [-0.15, -0.1) is 0 Å². The molecule has 5 nitrogen and oxygen atoms in total. The SMILES string of the molecule is C=Nc1cc(=O)n(C23CC(C2)C3)cc1C(=NC)N[C@H](C)c1cccc2c1CCC2(F)F. The summed E-state index contributed by atoms with van der Waals surface area (Å²) < 4.78 is 30.3. The molecule has 162 valence electrons. The molecule has 4 aliphatic rings. The first-order valence-corrected chi connectivity index (χ1v) is 10.8. The Bertz CT molecular complexity index is 1150. The van der Waals surface area contributed by atoms with Crippen LogP contribution in [-0.4, -0.2) is 24.2 Å². The minimum absolute atomic E-state index is 0.0630. The van der Waals surface area contributed by atoms with Gasteiger partial charge in [-0.2, -0.15) is 0 Å². The van der Waals surface area contributed by atoms with Crippen LogP contribution in [0.5, 0.6) is 0 Å². The van der Waals surface area contributed by atoms with Crippen molar-refractivity contribution in [3.63, 3.8) is 0 Å². The van der Waals surface area contributed by atoms with Crippen molar-refractivity contribution in [3.8, 4) is 0 Å². The maximum Gasteiger partial charge on any atom is 0.273 e. The van der Waals surface area contributed by atoms with Crippen LogP contribution in [0, 0.1) is 5.92 Å². The van der Waals surface area contributed by atoms with Gasteiger partial charge in [0.1, 0.15) is 5.84 Å². The summed E-state index contributed by atoms with van der Waals surface area (Å²) in [4.78, 5) is 21.2. The van der Waals surface area contributed by atoms with Crippen molar-refractivity contribution in [1.29, 1.82) is 0 Å². The van der Waals surface area contributed by atoms with Gasteiger partial charge in [0, 0.05) is 36.8 Å². The molecule has 2 aromatic rings. The number of benzene rings is 1. The number of amidine groups is 1. The number of hydrogen-bond donors (Lipinski definition) is 1. The third-order valence-corrected chi connectivity index (χ3v) is 7.31. The molecule has 0 amide bonds. The van der Waals surface area contributed by atoms with E-state index in [0.717, 1.165) is 30.7 Å². The molecule has 7 heteroatoms. The second-order valence-electron chi connectivity index (χ2n) is 9.16. The lowest BCUT2D eigenvalue weighted by molar-refractivity contribution is -0.0914. The van der Waals surface area contributed by atoms with Crippen LogP contribution in [0.1, 0.15) is 60.9 Å². The summed E-state index contributed by atoms with van der Waals surface area (Å²) in [5, 5.41) is 3.38. The molecule has 6 rings (SSSR count). The summed E-state index contributed by atoms with van der Waals surface area (Å²) in [5.74, 6) is -1.47. The Kier molecular flexibility index (Phi) is 4.43. The van der Waals surface area contributed by atoms with Gasteiger partial charge in [0.15, 0.2) is 0 Å². The summed E-state index contributed by atoms with van der Waals surface area (Å²) in [7, 11) is 1.67. The van der Waals surface area contributed by atoms with Crippen LogP contribution in [0.15, 0.2) is 45.2 Å². The number of hydrogen-bond acceptors (Lipinski definition) is 3. The summed E-state index contributed by atoms with van der Waals surface area (Å²) in [6.07, 6.45) is 5.17. The molecular formula is C24H26F2N4O. The summed E-state index contributed by atoms with van der Waals surface area (Å²) in [5.41, 5.74) is 2.72. The lowest BCUT2D eigenvalue weighted by Gasteiger charge is -2.62. The van der Waals surface area contributed by atoms with Crippen LogP contribution in [0.4, 0.5) is 14.5 Å². The van der Waals surface area contributed by atoms with E-state index in [9.17, 15) is 13.6 Å². The van der Waals surface area contributed by atoms with E-state index in [1.165, 1.54) is 12.1 Å². The molecule has 1 heterocycles. The number of pyridine rings is 1. The van der Waals surface area contributed by atoms with Gasteiger partial charge in [-0.1, -0.05) is 18.2 Å². The number of rotatable bonds is 5. The van der Waals surface area contributed by atoms with Crippen molar-refractivity contribution in [3.05, 3.63) is 63.1 Å². The van der Waals surface area contributed by atoms with Crippen LogP contribution in [0.2, 0.25) is 0 Å². The van der Waals surface area contributed by atoms with E-state index in [2.05, 4.69) is 22.0 Å². The van der Waals surface area contributed by atoms with E-state index in [4.69, 9.17) is 0 Å². The first-order chi connectivity index (χ1) is 14.8. The average molecular weight is 424 g/mol. The number of nitrogens with one attached hydrogen (secondary N) is 1.